The molecular formula is C12H15N3OS. The second-order valence-corrected chi connectivity index (χ2v) is 4.61. The third kappa shape index (κ3) is 4.79. The summed E-state index contributed by atoms with van der Waals surface area (Å²) in [6, 6.07) is 7.73. The van der Waals surface area contributed by atoms with Gasteiger partial charge in [0.1, 0.15) is 0 Å². The number of rotatable bonds is 5. The van der Waals surface area contributed by atoms with Crippen molar-refractivity contribution in [3.63, 3.8) is 0 Å². The lowest BCUT2D eigenvalue weighted by atomic mass is 10.2. The van der Waals surface area contributed by atoms with Crippen molar-refractivity contribution >= 4 is 23.4 Å². The highest BCUT2D eigenvalue weighted by Gasteiger charge is 2.04. The van der Waals surface area contributed by atoms with Crippen LogP contribution in [0.1, 0.15) is 12.0 Å². The van der Waals surface area contributed by atoms with E-state index in [2.05, 4.69) is 5.32 Å². The minimum absolute atomic E-state index is 0.0785. The van der Waals surface area contributed by atoms with Gasteiger partial charge in [0.25, 0.3) is 0 Å². The number of nitriles is 1. The fourth-order valence-electron chi connectivity index (χ4n) is 1.25. The third-order valence-electron chi connectivity index (χ3n) is 2.08. The molecule has 0 aliphatic heterocycles. The van der Waals surface area contributed by atoms with Crippen molar-refractivity contribution in [1.29, 1.82) is 5.26 Å². The predicted molar refractivity (Wildman–Crippen MR) is 69.6 cm³/mol. The molecule has 17 heavy (non-hydrogen) atoms. The molecule has 1 aromatic carbocycles. The summed E-state index contributed by atoms with van der Waals surface area (Å²) in [6.45, 7) is 2.37. The molecule has 4 nitrogen and oxygen atoms in total. The number of nitrogens with zero attached hydrogens (tertiary/aromatic N) is 1. The number of benzene rings is 1. The number of nitrogen functional groups attached to an aromatic ring is 1. The van der Waals surface area contributed by atoms with Gasteiger partial charge in [0, 0.05) is 17.1 Å². The van der Waals surface area contributed by atoms with Crippen molar-refractivity contribution in [3.05, 3.63) is 23.8 Å². The van der Waals surface area contributed by atoms with Gasteiger partial charge in [0.05, 0.1) is 18.2 Å². The number of carbonyl (C=O) groups is 1. The Balaban J connectivity index is 2.40. The molecule has 0 unspecified atom stereocenters. The van der Waals surface area contributed by atoms with E-state index in [-0.39, 0.29) is 5.91 Å². The maximum Gasteiger partial charge on any atom is 0.230 e. The molecule has 0 heterocycles. The number of anilines is 1. The molecule has 0 atom stereocenters. The van der Waals surface area contributed by atoms with Gasteiger partial charge in [-0.25, -0.2) is 0 Å². The Labute approximate surface area is 105 Å². The minimum Gasteiger partial charge on any atom is -0.398 e. The predicted octanol–water partition coefficient (Wildman–Crippen LogP) is 1.70. The average Bonchev–Trinajstić information content (AvgIpc) is 2.28. The van der Waals surface area contributed by atoms with E-state index < -0.39 is 0 Å². The first-order valence-corrected chi connectivity index (χ1v) is 6.24. The van der Waals surface area contributed by atoms with Crippen LogP contribution in [0.2, 0.25) is 0 Å². The van der Waals surface area contributed by atoms with Crippen LogP contribution in [0, 0.1) is 18.3 Å². The van der Waals surface area contributed by atoms with Crippen LogP contribution in [0.15, 0.2) is 23.1 Å². The van der Waals surface area contributed by atoms with Crippen LogP contribution in [-0.2, 0) is 4.79 Å². The molecule has 0 radical (unpaired) electrons. The molecular weight excluding hydrogens is 234 g/mol. The van der Waals surface area contributed by atoms with Gasteiger partial charge in [-0.3, -0.25) is 4.79 Å². The first-order chi connectivity index (χ1) is 8.13. The molecule has 1 rings (SSSR count). The van der Waals surface area contributed by atoms with E-state index in [0.717, 1.165) is 10.5 Å². The number of carbonyl (C=O) groups excluding carboxylic acids is 1. The zero-order valence-electron chi connectivity index (χ0n) is 9.69. The van der Waals surface area contributed by atoms with Crippen molar-refractivity contribution in [2.24, 2.45) is 0 Å². The fourth-order valence-corrected chi connectivity index (χ4v) is 2.03. The first-order valence-electron chi connectivity index (χ1n) is 5.26. The zero-order valence-corrected chi connectivity index (χ0v) is 10.5. The van der Waals surface area contributed by atoms with Crippen molar-refractivity contribution in [1.82, 2.24) is 5.32 Å². The first kappa shape index (κ1) is 13.4. The van der Waals surface area contributed by atoms with Crippen molar-refractivity contribution in [2.75, 3.05) is 18.0 Å². The average molecular weight is 249 g/mol. The maximum atomic E-state index is 11.4. The molecule has 1 aromatic rings. The van der Waals surface area contributed by atoms with Crippen LogP contribution in [0.5, 0.6) is 0 Å². The number of aryl methyl sites for hydroxylation is 1. The Morgan fingerprint density at radius 2 is 2.35 bits per heavy atom. The van der Waals surface area contributed by atoms with Gasteiger partial charge in [-0.05, 0) is 24.6 Å². The molecule has 90 valence electrons. The Kier molecular flexibility index (Phi) is 5.37. The van der Waals surface area contributed by atoms with Gasteiger partial charge in [-0.1, -0.05) is 6.07 Å². The second kappa shape index (κ2) is 6.81. The smallest absolute Gasteiger partial charge is 0.230 e. The summed E-state index contributed by atoms with van der Waals surface area (Å²) < 4.78 is 0. The molecule has 0 saturated carbocycles. The summed E-state index contributed by atoms with van der Waals surface area (Å²) in [4.78, 5) is 12.3. The molecule has 0 spiro atoms. The highest BCUT2D eigenvalue weighted by atomic mass is 32.2. The number of nitrogens with one attached hydrogen (secondary N) is 1. The van der Waals surface area contributed by atoms with Gasteiger partial charge >= 0.3 is 0 Å². The van der Waals surface area contributed by atoms with Crippen LogP contribution in [0.3, 0.4) is 0 Å². The third-order valence-corrected chi connectivity index (χ3v) is 3.17. The number of amides is 1. The summed E-state index contributed by atoms with van der Waals surface area (Å²) in [6.07, 6.45) is 0.336. The van der Waals surface area contributed by atoms with Gasteiger partial charge in [0.2, 0.25) is 5.91 Å². The molecule has 0 aliphatic carbocycles. The van der Waals surface area contributed by atoms with Gasteiger partial charge in [0.15, 0.2) is 0 Å². The van der Waals surface area contributed by atoms with E-state index >= 15 is 0 Å². The van der Waals surface area contributed by atoms with Crippen molar-refractivity contribution in [3.8, 4) is 6.07 Å². The Hall–Kier alpha value is -1.67. The van der Waals surface area contributed by atoms with Gasteiger partial charge in [-0.15, -0.1) is 11.8 Å². The van der Waals surface area contributed by atoms with Crippen molar-refractivity contribution in [2.45, 2.75) is 18.2 Å². The summed E-state index contributed by atoms with van der Waals surface area (Å²) >= 11 is 1.40. The van der Waals surface area contributed by atoms with Gasteiger partial charge in [-0.2, -0.15) is 5.26 Å². The van der Waals surface area contributed by atoms with E-state index in [4.69, 9.17) is 11.0 Å². The van der Waals surface area contributed by atoms with E-state index in [9.17, 15) is 4.79 Å². The maximum absolute atomic E-state index is 11.4. The van der Waals surface area contributed by atoms with Crippen LogP contribution in [0.25, 0.3) is 0 Å². The lowest BCUT2D eigenvalue weighted by Gasteiger charge is -2.06. The van der Waals surface area contributed by atoms with Gasteiger partial charge < -0.3 is 11.1 Å². The van der Waals surface area contributed by atoms with E-state index in [1.165, 1.54) is 11.8 Å². The fraction of sp³-hybridized carbons (Fsp3) is 0.333. The molecule has 0 bridgehead atoms. The molecule has 5 heteroatoms. The monoisotopic (exact) mass is 249 g/mol. The number of nitrogens with two attached hydrogens (primary N) is 1. The lowest BCUT2D eigenvalue weighted by Crippen LogP contribution is -2.25. The molecule has 0 fully saturated rings. The normalized spacial score (nSPS) is 9.65. The van der Waals surface area contributed by atoms with Crippen LogP contribution in [0.4, 0.5) is 5.69 Å². The Bertz CT molecular complexity index is 440. The SMILES string of the molecule is Cc1ccc(SCC(=O)NCCC#N)c(N)c1. The number of hydrogen-bond acceptors (Lipinski definition) is 4. The highest BCUT2D eigenvalue weighted by molar-refractivity contribution is 8.00. The Morgan fingerprint density at radius 1 is 1.59 bits per heavy atom. The van der Waals surface area contributed by atoms with Crippen molar-refractivity contribution < 1.29 is 4.79 Å². The summed E-state index contributed by atoms with van der Waals surface area (Å²) in [5, 5.41) is 11.0. The highest BCUT2D eigenvalue weighted by Crippen LogP contribution is 2.25. The standard InChI is InChI=1S/C12H15N3OS/c1-9-3-4-11(10(14)7-9)17-8-12(16)15-6-2-5-13/h3-4,7H,2,6,8,14H2,1H3,(H,15,16). The zero-order chi connectivity index (χ0) is 12.7. The van der Waals surface area contributed by atoms with E-state index in [1.54, 1.807) is 0 Å². The summed E-state index contributed by atoms with van der Waals surface area (Å²) in [5.41, 5.74) is 7.63. The van der Waals surface area contributed by atoms with Crippen LogP contribution < -0.4 is 11.1 Å². The number of thioether (sulfide) groups is 1. The molecule has 3 N–H and O–H groups in total. The summed E-state index contributed by atoms with van der Waals surface area (Å²) in [7, 11) is 0. The largest absolute Gasteiger partial charge is 0.398 e. The van der Waals surface area contributed by atoms with E-state index in [0.29, 0.717) is 24.4 Å². The summed E-state index contributed by atoms with van der Waals surface area (Å²) in [5.74, 6) is 0.240. The van der Waals surface area contributed by atoms with Crippen LogP contribution >= 0.6 is 11.8 Å². The molecule has 0 saturated heterocycles. The molecule has 1 amide bonds. The number of hydrogen-bond donors (Lipinski definition) is 2. The molecule has 0 aliphatic rings. The molecule has 0 aromatic heterocycles. The minimum atomic E-state index is -0.0785. The quantitative estimate of drug-likeness (QED) is 0.473. The Morgan fingerprint density at radius 3 is 3.00 bits per heavy atom. The van der Waals surface area contributed by atoms with E-state index in [1.807, 2.05) is 31.2 Å². The lowest BCUT2D eigenvalue weighted by molar-refractivity contribution is -0.118. The topological polar surface area (TPSA) is 78.9 Å². The second-order valence-electron chi connectivity index (χ2n) is 3.59. The van der Waals surface area contributed by atoms with Crippen LogP contribution in [-0.4, -0.2) is 18.2 Å².